The highest BCUT2D eigenvalue weighted by molar-refractivity contribution is 6.07. The minimum atomic E-state index is -0.592. The van der Waals surface area contributed by atoms with Gasteiger partial charge < -0.3 is 14.8 Å². The van der Waals surface area contributed by atoms with Crippen LogP contribution in [0.2, 0.25) is 0 Å². The number of carbonyl (C=O) groups excluding carboxylic acids is 2. The fraction of sp³-hybridized carbons (Fsp3) is 0.263. The van der Waals surface area contributed by atoms with Gasteiger partial charge in [-0.3, -0.25) is 19.7 Å². The molecule has 3 rings (SSSR count). The van der Waals surface area contributed by atoms with Gasteiger partial charge >= 0.3 is 5.69 Å². The molecule has 0 saturated heterocycles. The van der Waals surface area contributed by atoms with Crippen molar-refractivity contribution in [3.63, 3.8) is 0 Å². The van der Waals surface area contributed by atoms with E-state index >= 15 is 0 Å². The molecule has 1 heterocycles. The summed E-state index contributed by atoms with van der Waals surface area (Å²) in [4.78, 5) is 35.3. The third kappa shape index (κ3) is 3.74. The number of Topliss-reactive ketones (excluding diaryl/α,β-unsaturated/α-hetero) is 1. The lowest BCUT2D eigenvalue weighted by atomic mass is 9.92. The van der Waals surface area contributed by atoms with Crippen LogP contribution in [0.4, 0.5) is 11.4 Å². The standard InChI is InChI=1S/C19H18N2O6/c1-19(2)10-15(22)13-8-11(4-6-16(13)27-19)18(23)20-12-5-7-17(26-3)14(9-12)21(24)25/h4-9H,10H2,1-3H3,(H,20,23). The largest absolute Gasteiger partial charge is 0.490 e. The Hall–Kier alpha value is -3.42. The van der Waals surface area contributed by atoms with Crippen LogP contribution in [0.15, 0.2) is 36.4 Å². The topological polar surface area (TPSA) is 108 Å². The van der Waals surface area contributed by atoms with E-state index < -0.39 is 16.4 Å². The molecule has 0 radical (unpaired) electrons. The molecule has 0 bridgehead atoms. The van der Waals surface area contributed by atoms with E-state index in [2.05, 4.69) is 5.32 Å². The summed E-state index contributed by atoms with van der Waals surface area (Å²) in [5.74, 6) is -0.0593. The number of hydrogen-bond acceptors (Lipinski definition) is 6. The number of nitrogens with one attached hydrogen (secondary N) is 1. The van der Waals surface area contributed by atoms with Gasteiger partial charge in [0.2, 0.25) is 0 Å². The molecule has 1 aliphatic heterocycles. The molecular formula is C19H18N2O6. The molecule has 2 aromatic rings. The molecule has 0 spiro atoms. The first-order chi connectivity index (χ1) is 12.7. The first-order valence-electron chi connectivity index (χ1n) is 8.20. The van der Waals surface area contributed by atoms with Gasteiger partial charge in [-0.1, -0.05) is 0 Å². The molecule has 0 aromatic heterocycles. The molecule has 2 aromatic carbocycles. The molecule has 0 atom stereocenters. The molecule has 8 heteroatoms. The van der Waals surface area contributed by atoms with Crippen LogP contribution in [-0.2, 0) is 0 Å². The van der Waals surface area contributed by atoms with Gasteiger partial charge in [-0.05, 0) is 44.2 Å². The highest BCUT2D eigenvalue weighted by Crippen LogP contribution is 2.34. The van der Waals surface area contributed by atoms with Gasteiger partial charge in [0, 0.05) is 17.3 Å². The zero-order valence-electron chi connectivity index (χ0n) is 15.1. The number of nitro groups is 1. The average Bonchev–Trinajstić information content (AvgIpc) is 2.60. The summed E-state index contributed by atoms with van der Waals surface area (Å²) in [6.07, 6.45) is 0.218. The molecule has 1 amide bonds. The van der Waals surface area contributed by atoms with Crippen molar-refractivity contribution in [3.8, 4) is 11.5 Å². The van der Waals surface area contributed by atoms with Crippen LogP contribution in [0.25, 0.3) is 0 Å². The van der Waals surface area contributed by atoms with Gasteiger partial charge in [-0.25, -0.2) is 0 Å². The van der Waals surface area contributed by atoms with E-state index in [1.807, 2.05) is 13.8 Å². The Morgan fingerprint density at radius 2 is 2.00 bits per heavy atom. The van der Waals surface area contributed by atoms with Gasteiger partial charge in [0.05, 0.1) is 24.0 Å². The lowest BCUT2D eigenvalue weighted by Crippen LogP contribution is -2.36. The monoisotopic (exact) mass is 370 g/mol. The van der Waals surface area contributed by atoms with Crippen molar-refractivity contribution in [1.29, 1.82) is 0 Å². The van der Waals surface area contributed by atoms with Gasteiger partial charge in [-0.2, -0.15) is 0 Å². The van der Waals surface area contributed by atoms with Crippen LogP contribution >= 0.6 is 0 Å². The second-order valence-electron chi connectivity index (χ2n) is 6.77. The molecule has 27 heavy (non-hydrogen) atoms. The molecule has 8 nitrogen and oxygen atoms in total. The van der Waals surface area contributed by atoms with E-state index in [-0.39, 0.29) is 34.9 Å². The van der Waals surface area contributed by atoms with E-state index in [1.54, 1.807) is 12.1 Å². The summed E-state index contributed by atoms with van der Waals surface area (Å²) in [5.41, 5.74) is 0.00244. The lowest BCUT2D eigenvalue weighted by Gasteiger charge is -2.31. The Morgan fingerprint density at radius 1 is 1.26 bits per heavy atom. The number of fused-ring (bicyclic) bond motifs is 1. The van der Waals surface area contributed by atoms with E-state index in [4.69, 9.17) is 9.47 Å². The van der Waals surface area contributed by atoms with E-state index in [9.17, 15) is 19.7 Å². The van der Waals surface area contributed by atoms with Crippen LogP contribution < -0.4 is 14.8 Å². The molecule has 1 aliphatic rings. The summed E-state index contributed by atoms with van der Waals surface area (Å²) < 4.78 is 10.7. The summed E-state index contributed by atoms with van der Waals surface area (Å²) in [6, 6.07) is 8.71. The number of carbonyl (C=O) groups is 2. The van der Waals surface area contributed by atoms with Crippen LogP contribution in [-0.4, -0.2) is 29.3 Å². The number of methoxy groups -OCH3 is 1. The molecular weight excluding hydrogens is 352 g/mol. The normalized spacial score (nSPS) is 14.7. The van der Waals surface area contributed by atoms with E-state index in [0.717, 1.165) is 0 Å². The number of ketones is 1. The highest BCUT2D eigenvalue weighted by atomic mass is 16.6. The van der Waals surface area contributed by atoms with Gasteiger partial charge in [-0.15, -0.1) is 0 Å². The predicted molar refractivity (Wildman–Crippen MR) is 97.7 cm³/mol. The second-order valence-corrected chi connectivity index (χ2v) is 6.77. The first kappa shape index (κ1) is 18.4. The zero-order chi connectivity index (χ0) is 19.8. The maximum atomic E-state index is 12.5. The van der Waals surface area contributed by atoms with Crippen LogP contribution in [0.5, 0.6) is 11.5 Å². The Morgan fingerprint density at radius 3 is 2.67 bits per heavy atom. The summed E-state index contributed by atoms with van der Waals surface area (Å²) in [5, 5.41) is 13.7. The fourth-order valence-electron chi connectivity index (χ4n) is 2.91. The Kier molecular flexibility index (Phi) is 4.57. The highest BCUT2D eigenvalue weighted by Gasteiger charge is 2.32. The number of hydrogen-bond donors (Lipinski definition) is 1. The number of nitro benzene ring substituents is 1. The van der Waals surface area contributed by atoms with Crippen molar-refractivity contribution < 1.29 is 24.0 Å². The number of anilines is 1. The summed E-state index contributed by atoms with van der Waals surface area (Å²) >= 11 is 0. The quantitative estimate of drug-likeness (QED) is 0.651. The Balaban J connectivity index is 1.86. The first-order valence-corrected chi connectivity index (χ1v) is 8.20. The molecule has 140 valence electrons. The maximum Gasteiger partial charge on any atom is 0.312 e. The smallest absolute Gasteiger partial charge is 0.312 e. The number of ether oxygens (including phenoxy) is 2. The van der Waals surface area contributed by atoms with Crippen molar-refractivity contribution in [2.75, 3.05) is 12.4 Å². The number of nitrogens with zero attached hydrogens (tertiary/aromatic N) is 1. The van der Waals surface area contributed by atoms with Gasteiger partial charge in [0.15, 0.2) is 11.5 Å². The number of amides is 1. The lowest BCUT2D eigenvalue weighted by molar-refractivity contribution is -0.385. The zero-order valence-corrected chi connectivity index (χ0v) is 15.1. The summed E-state index contributed by atoms with van der Waals surface area (Å²) in [7, 11) is 1.33. The third-order valence-electron chi connectivity index (χ3n) is 4.15. The molecule has 1 N–H and O–H groups in total. The maximum absolute atomic E-state index is 12.5. The van der Waals surface area contributed by atoms with Crippen molar-refractivity contribution >= 4 is 23.1 Å². The average molecular weight is 370 g/mol. The van der Waals surface area contributed by atoms with Crippen molar-refractivity contribution in [3.05, 3.63) is 57.6 Å². The minimum Gasteiger partial charge on any atom is -0.490 e. The van der Waals surface area contributed by atoms with Crippen molar-refractivity contribution in [1.82, 2.24) is 0 Å². The molecule has 0 saturated carbocycles. The van der Waals surface area contributed by atoms with Crippen LogP contribution in [0, 0.1) is 10.1 Å². The van der Waals surface area contributed by atoms with Gasteiger partial charge in [0.25, 0.3) is 5.91 Å². The minimum absolute atomic E-state index is 0.0946. The molecule has 0 unspecified atom stereocenters. The second kappa shape index (κ2) is 6.71. The predicted octanol–water partition coefficient (Wildman–Crippen LogP) is 3.60. The van der Waals surface area contributed by atoms with Crippen molar-refractivity contribution in [2.45, 2.75) is 25.9 Å². The van der Waals surface area contributed by atoms with Crippen molar-refractivity contribution in [2.24, 2.45) is 0 Å². The van der Waals surface area contributed by atoms with E-state index in [1.165, 1.54) is 31.4 Å². The van der Waals surface area contributed by atoms with Crippen LogP contribution in [0.3, 0.4) is 0 Å². The van der Waals surface area contributed by atoms with Crippen LogP contribution in [0.1, 0.15) is 41.0 Å². The summed E-state index contributed by atoms with van der Waals surface area (Å²) in [6.45, 7) is 3.65. The Bertz CT molecular complexity index is 951. The van der Waals surface area contributed by atoms with E-state index in [0.29, 0.717) is 11.3 Å². The molecule has 0 aliphatic carbocycles. The number of rotatable bonds is 4. The third-order valence-corrected chi connectivity index (χ3v) is 4.15. The van der Waals surface area contributed by atoms with Gasteiger partial charge in [0.1, 0.15) is 11.4 Å². The number of benzene rings is 2. The fourth-order valence-corrected chi connectivity index (χ4v) is 2.91. The SMILES string of the molecule is COc1ccc(NC(=O)c2ccc3c(c2)C(=O)CC(C)(C)O3)cc1[N+](=O)[O-]. The molecule has 0 fully saturated rings. The Labute approximate surface area is 155 Å².